The van der Waals surface area contributed by atoms with Crippen molar-refractivity contribution in [2.75, 3.05) is 7.11 Å². The molecule has 0 saturated carbocycles. The number of esters is 1. The smallest absolute Gasteiger partial charge is 0.337 e. The van der Waals surface area contributed by atoms with E-state index in [0.717, 1.165) is 16.0 Å². The lowest BCUT2D eigenvalue weighted by atomic mass is 10.0. The summed E-state index contributed by atoms with van der Waals surface area (Å²) >= 11 is 1.62. The molecule has 2 aromatic carbocycles. The first-order valence-corrected chi connectivity index (χ1v) is 8.65. The van der Waals surface area contributed by atoms with Gasteiger partial charge in [0.25, 0.3) is 5.91 Å². The van der Waals surface area contributed by atoms with Gasteiger partial charge in [0.05, 0.1) is 19.2 Å². The number of carbonyl (C=O) groups is 2. The molecular formula is C20H17NO3S. The Hall–Kier alpha value is -2.92. The minimum Gasteiger partial charge on any atom is -0.465 e. The van der Waals surface area contributed by atoms with E-state index in [9.17, 15) is 9.59 Å². The standard InChI is InChI=1S/C20H17NO3S/c1-24-20(23)17-10-6-15(7-11-17)14-4-8-16(9-5-14)19(22)21-13-18-3-2-12-25-18/h2-12H,13H2,1H3,(H,21,22). The summed E-state index contributed by atoms with van der Waals surface area (Å²) in [5.41, 5.74) is 3.08. The molecule has 1 amide bonds. The SMILES string of the molecule is COC(=O)c1ccc(-c2ccc(C(=O)NCc3cccs3)cc2)cc1. The van der Waals surface area contributed by atoms with E-state index < -0.39 is 0 Å². The molecule has 0 radical (unpaired) electrons. The molecule has 1 heterocycles. The van der Waals surface area contributed by atoms with Gasteiger partial charge in [-0.15, -0.1) is 11.3 Å². The van der Waals surface area contributed by atoms with Crippen LogP contribution in [-0.2, 0) is 11.3 Å². The summed E-state index contributed by atoms with van der Waals surface area (Å²) in [6.45, 7) is 0.535. The first kappa shape index (κ1) is 16.9. The van der Waals surface area contributed by atoms with E-state index in [0.29, 0.717) is 17.7 Å². The highest BCUT2D eigenvalue weighted by Crippen LogP contribution is 2.21. The number of rotatable bonds is 5. The minimum absolute atomic E-state index is 0.0963. The van der Waals surface area contributed by atoms with Crippen LogP contribution in [0.2, 0.25) is 0 Å². The van der Waals surface area contributed by atoms with Crippen LogP contribution in [-0.4, -0.2) is 19.0 Å². The highest BCUT2D eigenvalue weighted by molar-refractivity contribution is 7.09. The number of ether oxygens (including phenoxy) is 1. The number of benzene rings is 2. The van der Waals surface area contributed by atoms with Crippen LogP contribution in [0.4, 0.5) is 0 Å². The van der Waals surface area contributed by atoms with E-state index in [4.69, 9.17) is 4.74 Å². The zero-order valence-corrected chi connectivity index (χ0v) is 14.5. The average Bonchev–Trinajstić information content (AvgIpc) is 3.19. The first-order valence-electron chi connectivity index (χ1n) is 7.77. The molecule has 25 heavy (non-hydrogen) atoms. The summed E-state index contributed by atoms with van der Waals surface area (Å²) in [6, 6.07) is 18.5. The normalized spacial score (nSPS) is 10.3. The summed E-state index contributed by atoms with van der Waals surface area (Å²) in [7, 11) is 1.36. The summed E-state index contributed by atoms with van der Waals surface area (Å²) in [5, 5.41) is 4.89. The maximum absolute atomic E-state index is 12.2. The van der Waals surface area contributed by atoms with E-state index in [1.807, 2.05) is 41.8 Å². The topological polar surface area (TPSA) is 55.4 Å². The second-order valence-corrected chi connectivity index (χ2v) is 6.44. The van der Waals surface area contributed by atoms with Crippen molar-refractivity contribution in [3.63, 3.8) is 0 Å². The fourth-order valence-electron chi connectivity index (χ4n) is 2.41. The fraction of sp³-hybridized carbons (Fsp3) is 0.100. The third-order valence-corrected chi connectivity index (χ3v) is 4.67. The van der Waals surface area contributed by atoms with Crippen molar-refractivity contribution in [3.8, 4) is 11.1 Å². The van der Waals surface area contributed by atoms with E-state index in [2.05, 4.69) is 5.32 Å². The van der Waals surface area contributed by atoms with Gasteiger partial charge >= 0.3 is 5.97 Å². The van der Waals surface area contributed by atoms with Crippen LogP contribution >= 0.6 is 11.3 Å². The highest BCUT2D eigenvalue weighted by Gasteiger charge is 2.08. The van der Waals surface area contributed by atoms with Gasteiger partial charge in [-0.1, -0.05) is 30.3 Å². The maximum atomic E-state index is 12.2. The molecule has 5 heteroatoms. The predicted octanol–water partition coefficient (Wildman–Crippen LogP) is 4.13. The fourth-order valence-corrected chi connectivity index (χ4v) is 3.06. The zero-order chi connectivity index (χ0) is 17.6. The monoisotopic (exact) mass is 351 g/mol. The molecule has 0 spiro atoms. The van der Waals surface area contributed by atoms with Crippen LogP contribution in [0.15, 0.2) is 66.0 Å². The van der Waals surface area contributed by atoms with Gasteiger partial charge < -0.3 is 10.1 Å². The molecule has 126 valence electrons. The van der Waals surface area contributed by atoms with Crippen LogP contribution in [0.5, 0.6) is 0 Å². The molecule has 4 nitrogen and oxygen atoms in total. The van der Waals surface area contributed by atoms with Gasteiger partial charge in [0.1, 0.15) is 0 Å². The molecular weight excluding hydrogens is 334 g/mol. The van der Waals surface area contributed by atoms with Crippen LogP contribution in [0.3, 0.4) is 0 Å². The lowest BCUT2D eigenvalue weighted by Crippen LogP contribution is -2.22. The Labute approximate surface area is 150 Å². The second-order valence-electron chi connectivity index (χ2n) is 5.41. The average molecular weight is 351 g/mol. The Morgan fingerprint density at radius 3 is 2.04 bits per heavy atom. The molecule has 0 unspecified atom stereocenters. The van der Waals surface area contributed by atoms with Crippen molar-refractivity contribution >= 4 is 23.2 Å². The van der Waals surface area contributed by atoms with Gasteiger partial charge in [-0.3, -0.25) is 4.79 Å². The Bertz CT molecular complexity index is 853. The Balaban J connectivity index is 1.67. The molecule has 0 atom stereocenters. The van der Waals surface area contributed by atoms with Gasteiger partial charge in [0, 0.05) is 10.4 Å². The number of thiophene rings is 1. The zero-order valence-electron chi connectivity index (χ0n) is 13.7. The lowest BCUT2D eigenvalue weighted by molar-refractivity contribution is 0.0600. The maximum Gasteiger partial charge on any atom is 0.337 e. The Morgan fingerprint density at radius 1 is 0.920 bits per heavy atom. The molecule has 1 aromatic heterocycles. The minimum atomic E-state index is -0.357. The van der Waals surface area contributed by atoms with Crippen molar-refractivity contribution in [1.82, 2.24) is 5.32 Å². The highest BCUT2D eigenvalue weighted by atomic mass is 32.1. The van der Waals surface area contributed by atoms with E-state index in [1.54, 1.807) is 35.6 Å². The van der Waals surface area contributed by atoms with E-state index >= 15 is 0 Å². The molecule has 0 bridgehead atoms. The Morgan fingerprint density at radius 2 is 1.52 bits per heavy atom. The number of carbonyl (C=O) groups excluding carboxylic acids is 2. The largest absolute Gasteiger partial charge is 0.465 e. The number of nitrogens with one attached hydrogen (secondary N) is 1. The molecule has 0 fully saturated rings. The predicted molar refractivity (Wildman–Crippen MR) is 98.7 cm³/mol. The molecule has 0 aliphatic carbocycles. The molecule has 0 saturated heterocycles. The lowest BCUT2D eigenvalue weighted by Gasteiger charge is -2.06. The number of hydrogen-bond acceptors (Lipinski definition) is 4. The Kier molecular flexibility index (Phi) is 5.26. The summed E-state index contributed by atoms with van der Waals surface area (Å²) in [5.74, 6) is -0.453. The molecule has 3 rings (SSSR count). The van der Waals surface area contributed by atoms with E-state index in [-0.39, 0.29) is 11.9 Å². The van der Waals surface area contributed by atoms with E-state index in [1.165, 1.54) is 7.11 Å². The van der Waals surface area contributed by atoms with Gasteiger partial charge in [0.2, 0.25) is 0 Å². The van der Waals surface area contributed by atoms with Crippen molar-refractivity contribution < 1.29 is 14.3 Å². The van der Waals surface area contributed by atoms with Crippen LogP contribution < -0.4 is 5.32 Å². The second kappa shape index (κ2) is 7.77. The van der Waals surface area contributed by atoms with Gasteiger partial charge in [-0.05, 0) is 46.8 Å². The number of amides is 1. The van der Waals surface area contributed by atoms with Crippen molar-refractivity contribution in [2.24, 2.45) is 0 Å². The van der Waals surface area contributed by atoms with Crippen LogP contribution in [0.1, 0.15) is 25.6 Å². The summed E-state index contributed by atoms with van der Waals surface area (Å²) in [6.07, 6.45) is 0. The molecule has 3 aromatic rings. The first-order chi connectivity index (χ1) is 12.2. The number of hydrogen-bond donors (Lipinski definition) is 1. The summed E-state index contributed by atoms with van der Waals surface area (Å²) < 4.78 is 4.69. The van der Waals surface area contributed by atoms with Gasteiger partial charge in [-0.25, -0.2) is 4.79 Å². The summed E-state index contributed by atoms with van der Waals surface area (Å²) in [4.78, 5) is 24.8. The van der Waals surface area contributed by atoms with Gasteiger partial charge in [0.15, 0.2) is 0 Å². The number of methoxy groups -OCH3 is 1. The third kappa shape index (κ3) is 4.14. The third-order valence-electron chi connectivity index (χ3n) is 3.79. The molecule has 1 N–H and O–H groups in total. The molecule has 0 aliphatic rings. The van der Waals surface area contributed by atoms with Crippen LogP contribution in [0.25, 0.3) is 11.1 Å². The van der Waals surface area contributed by atoms with Crippen molar-refractivity contribution in [2.45, 2.75) is 6.54 Å². The van der Waals surface area contributed by atoms with Gasteiger partial charge in [-0.2, -0.15) is 0 Å². The van der Waals surface area contributed by atoms with Crippen molar-refractivity contribution in [3.05, 3.63) is 82.0 Å². The quantitative estimate of drug-likeness (QED) is 0.703. The van der Waals surface area contributed by atoms with Crippen LogP contribution in [0, 0.1) is 0 Å². The van der Waals surface area contributed by atoms with Crippen molar-refractivity contribution in [1.29, 1.82) is 0 Å². The molecule has 0 aliphatic heterocycles.